The van der Waals surface area contributed by atoms with Crippen molar-refractivity contribution < 1.29 is 19.4 Å². The topological polar surface area (TPSA) is 75.6 Å². The van der Waals surface area contributed by atoms with E-state index in [-0.39, 0.29) is 11.1 Å². The minimum absolute atomic E-state index is 0.201. The van der Waals surface area contributed by atoms with Crippen molar-refractivity contribution in [1.82, 2.24) is 5.32 Å². The summed E-state index contributed by atoms with van der Waals surface area (Å²) in [5.41, 5.74) is 0.960. The molecule has 5 heteroatoms. The first kappa shape index (κ1) is 9.82. The third-order valence-corrected chi connectivity index (χ3v) is 2.26. The summed E-state index contributed by atoms with van der Waals surface area (Å²) in [6, 6.07) is 4.49. The van der Waals surface area contributed by atoms with E-state index in [0.717, 1.165) is 0 Å². The fraction of sp³-hybridized carbons (Fsp3) is 0.200. The van der Waals surface area contributed by atoms with Gasteiger partial charge in [-0.3, -0.25) is 5.32 Å². The van der Waals surface area contributed by atoms with Crippen molar-refractivity contribution in [3.8, 4) is 0 Å². The van der Waals surface area contributed by atoms with Gasteiger partial charge in [-0.2, -0.15) is 0 Å². The maximum atomic E-state index is 11.2. The Kier molecular flexibility index (Phi) is 2.26. The van der Waals surface area contributed by atoms with Gasteiger partial charge in [0.2, 0.25) is 0 Å². The molecular weight excluding hydrogens is 198 g/mol. The summed E-state index contributed by atoms with van der Waals surface area (Å²) in [4.78, 5) is 22.3. The Morgan fingerprint density at radius 3 is 2.60 bits per heavy atom. The number of fused-ring (bicyclic) bond motifs is 1. The molecule has 5 nitrogen and oxygen atoms in total. The number of rotatable bonds is 2. The summed E-state index contributed by atoms with van der Waals surface area (Å²) >= 11 is 0. The van der Waals surface area contributed by atoms with E-state index in [9.17, 15) is 14.7 Å². The minimum atomic E-state index is -0.862. The monoisotopic (exact) mass is 207 g/mol. The Morgan fingerprint density at radius 2 is 1.93 bits per heavy atom. The molecule has 0 saturated carbocycles. The molecule has 2 N–H and O–H groups in total. The largest absolute Gasteiger partial charge is 0.386 e. The van der Waals surface area contributed by atoms with Crippen LogP contribution in [0.25, 0.3) is 0 Å². The highest BCUT2D eigenvalue weighted by molar-refractivity contribution is 6.14. The van der Waals surface area contributed by atoms with Gasteiger partial charge in [0.1, 0.15) is 6.23 Å². The molecule has 15 heavy (non-hydrogen) atoms. The molecule has 1 aliphatic heterocycles. The molecule has 0 fully saturated rings. The van der Waals surface area contributed by atoms with Gasteiger partial charge in [0.05, 0.1) is 11.1 Å². The second kappa shape index (κ2) is 3.45. The van der Waals surface area contributed by atoms with Gasteiger partial charge in [0.25, 0.3) is 0 Å². The van der Waals surface area contributed by atoms with Crippen molar-refractivity contribution in [2.75, 3.05) is 7.05 Å². The molecule has 0 aliphatic carbocycles. The number of ether oxygens (including phenoxy) is 1. The van der Waals surface area contributed by atoms with Crippen LogP contribution in [0.1, 0.15) is 32.5 Å². The van der Waals surface area contributed by atoms with E-state index in [1.165, 1.54) is 12.1 Å². The highest BCUT2D eigenvalue weighted by Crippen LogP contribution is 2.23. The van der Waals surface area contributed by atoms with Gasteiger partial charge < -0.3 is 9.84 Å². The van der Waals surface area contributed by atoms with Gasteiger partial charge in [-0.05, 0) is 24.7 Å². The average Bonchev–Trinajstić information content (AvgIpc) is 2.53. The average molecular weight is 207 g/mol. The number of benzene rings is 1. The Bertz CT molecular complexity index is 441. The van der Waals surface area contributed by atoms with Crippen LogP contribution in [0.15, 0.2) is 18.2 Å². The van der Waals surface area contributed by atoms with Gasteiger partial charge in [0, 0.05) is 0 Å². The number of esters is 2. The molecule has 78 valence electrons. The lowest BCUT2D eigenvalue weighted by molar-refractivity contribution is 0.0444. The molecule has 0 saturated heterocycles. The van der Waals surface area contributed by atoms with Crippen molar-refractivity contribution in [3.05, 3.63) is 34.9 Å². The number of hydrogen-bond donors (Lipinski definition) is 2. The van der Waals surface area contributed by atoms with Gasteiger partial charge in [-0.15, -0.1) is 0 Å². The molecule has 1 heterocycles. The lowest BCUT2D eigenvalue weighted by Gasteiger charge is -2.09. The van der Waals surface area contributed by atoms with Crippen LogP contribution in [-0.4, -0.2) is 24.1 Å². The van der Waals surface area contributed by atoms with E-state index in [1.807, 2.05) is 0 Å². The van der Waals surface area contributed by atoms with E-state index in [1.54, 1.807) is 13.1 Å². The molecule has 0 spiro atoms. The fourth-order valence-corrected chi connectivity index (χ4v) is 1.44. The predicted octanol–water partition coefficient (Wildman–Crippen LogP) is 0.208. The number of hydrogen-bond acceptors (Lipinski definition) is 5. The molecule has 1 atom stereocenters. The van der Waals surface area contributed by atoms with Crippen LogP contribution in [0.5, 0.6) is 0 Å². The van der Waals surface area contributed by atoms with Crippen LogP contribution in [0.4, 0.5) is 0 Å². The van der Waals surface area contributed by atoms with E-state index >= 15 is 0 Å². The molecule has 1 aromatic carbocycles. The zero-order chi connectivity index (χ0) is 11.0. The van der Waals surface area contributed by atoms with Crippen LogP contribution >= 0.6 is 0 Å². The summed E-state index contributed by atoms with van der Waals surface area (Å²) in [7, 11) is 1.58. The number of carbonyl (C=O) groups excluding carboxylic acids is 2. The van der Waals surface area contributed by atoms with Crippen molar-refractivity contribution in [2.24, 2.45) is 0 Å². The normalized spacial score (nSPS) is 16.1. The maximum Gasteiger partial charge on any atom is 0.346 e. The van der Waals surface area contributed by atoms with Gasteiger partial charge >= 0.3 is 11.9 Å². The quantitative estimate of drug-likeness (QED) is 0.412. The van der Waals surface area contributed by atoms with E-state index in [0.29, 0.717) is 5.56 Å². The zero-order valence-corrected chi connectivity index (χ0v) is 7.98. The van der Waals surface area contributed by atoms with Crippen LogP contribution in [0.2, 0.25) is 0 Å². The summed E-state index contributed by atoms with van der Waals surface area (Å²) in [5, 5.41) is 12.1. The van der Waals surface area contributed by atoms with E-state index < -0.39 is 18.2 Å². The van der Waals surface area contributed by atoms with Crippen molar-refractivity contribution in [1.29, 1.82) is 0 Å². The van der Waals surface area contributed by atoms with Crippen LogP contribution in [0.3, 0.4) is 0 Å². The van der Waals surface area contributed by atoms with Crippen LogP contribution in [0, 0.1) is 0 Å². The summed E-state index contributed by atoms with van der Waals surface area (Å²) < 4.78 is 4.42. The lowest BCUT2D eigenvalue weighted by atomic mass is 10.0. The number of carbonyl (C=O) groups is 2. The smallest absolute Gasteiger partial charge is 0.346 e. The Balaban J connectivity index is 2.47. The lowest BCUT2D eigenvalue weighted by Crippen LogP contribution is -2.15. The second-order valence-corrected chi connectivity index (χ2v) is 3.17. The van der Waals surface area contributed by atoms with Crippen LogP contribution < -0.4 is 5.32 Å². The highest BCUT2D eigenvalue weighted by Gasteiger charge is 2.30. The maximum absolute atomic E-state index is 11.2. The number of aliphatic hydroxyl groups is 1. The molecular formula is C10H9NO4. The molecule has 1 unspecified atom stereocenters. The van der Waals surface area contributed by atoms with Gasteiger partial charge in [-0.1, -0.05) is 6.07 Å². The first-order valence-corrected chi connectivity index (χ1v) is 4.39. The number of aliphatic hydroxyl groups excluding tert-OH is 1. The SMILES string of the molecule is CNC(O)c1ccc2c(c1)C(=O)OC2=O. The Morgan fingerprint density at radius 1 is 1.27 bits per heavy atom. The van der Waals surface area contributed by atoms with E-state index in [4.69, 9.17) is 0 Å². The zero-order valence-electron chi connectivity index (χ0n) is 7.98. The fourth-order valence-electron chi connectivity index (χ4n) is 1.44. The molecule has 0 radical (unpaired) electrons. The summed E-state index contributed by atoms with van der Waals surface area (Å²) in [6.45, 7) is 0. The predicted molar refractivity (Wildman–Crippen MR) is 50.2 cm³/mol. The minimum Gasteiger partial charge on any atom is -0.386 e. The second-order valence-electron chi connectivity index (χ2n) is 3.17. The van der Waals surface area contributed by atoms with Gasteiger partial charge in [0.15, 0.2) is 0 Å². The first-order chi connectivity index (χ1) is 7.13. The first-order valence-electron chi connectivity index (χ1n) is 4.39. The Labute approximate surface area is 85.7 Å². The van der Waals surface area contributed by atoms with Crippen LogP contribution in [-0.2, 0) is 4.74 Å². The van der Waals surface area contributed by atoms with E-state index in [2.05, 4.69) is 10.1 Å². The Hall–Kier alpha value is -1.72. The van der Waals surface area contributed by atoms with Crippen molar-refractivity contribution in [2.45, 2.75) is 6.23 Å². The summed E-state index contributed by atoms with van der Waals surface area (Å²) in [6.07, 6.45) is -0.862. The number of nitrogens with one attached hydrogen (secondary N) is 1. The molecule has 1 aromatic rings. The molecule has 0 bridgehead atoms. The van der Waals surface area contributed by atoms with Crippen molar-refractivity contribution in [3.63, 3.8) is 0 Å². The third kappa shape index (κ3) is 1.51. The number of cyclic esters (lactones) is 2. The van der Waals surface area contributed by atoms with Crippen molar-refractivity contribution >= 4 is 11.9 Å². The van der Waals surface area contributed by atoms with Gasteiger partial charge in [-0.25, -0.2) is 9.59 Å². The third-order valence-electron chi connectivity index (χ3n) is 2.26. The standard InChI is InChI=1S/C10H9NO4/c1-11-8(12)5-2-3-6-7(4-5)10(14)15-9(6)13/h2-4,8,11-12H,1H3. The highest BCUT2D eigenvalue weighted by atomic mass is 16.6. The molecule has 0 aromatic heterocycles. The molecule has 2 rings (SSSR count). The molecule has 0 amide bonds. The molecule has 1 aliphatic rings. The summed E-state index contributed by atoms with van der Waals surface area (Å²) in [5.74, 6) is -1.30.